The molecule has 0 saturated heterocycles. The molecule has 0 radical (unpaired) electrons. The van der Waals surface area contributed by atoms with Gasteiger partial charge in [-0.25, -0.2) is 9.97 Å². The molecular formula is C17H21N5O. The van der Waals surface area contributed by atoms with Crippen LogP contribution in [0.1, 0.15) is 35.7 Å². The molecule has 120 valence electrons. The minimum Gasteiger partial charge on any atom is -0.349 e. The quantitative estimate of drug-likeness (QED) is 0.930. The average molecular weight is 311 g/mol. The van der Waals surface area contributed by atoms with Crippen LogP contribution in [0.3, 0.4) is 0 Å². The Kier molecular flexibility index (Phi) is 4.50. The summed E-state index contributed by atoms with van der Waals surface area (Å²) in [7, 11) is 3.86. The number of hydrogen-bond donors (Lipinski definition) is 1. The van der Waals surface area contributed by atoms with Crippen molar-refractivity contribution in [1.29, 1.82) is 0 Å². The second-order valence-corrected chi connectivity index (χ2v) is 6.01. The fraction of sp³-hybridized carbons (Fsp3) is 0.412. The maximum atomic E-state index is 12.3. The summed E-state index contributed by atoms with van der Waals surface area (Å²) < 4.78 is 0. The van der Waals surface area contributed by atoms with E-state index in [9.17, 15) is 4.79 Å². The summed E-state index contributed by atoms with van der Waals surface area (Å²) in [5.74, 6) is 0.734. The van der Waals surface area contributed by atoms with Crippen LogP contribution in [0.2, 0.25) is 0 Å². The van der Waals surface area contributed by atoms with Gasteiger partial charge in [0.1, 0.15) is 0 Å². The number of pyridine rings is 1. The molecule has 0 aliphatic heterocycles. The van der Waals surface area contributed by atoms with Gasteiger partial charge in [0.05, 0.1) is 18.2 Å². The molecule has 1 atom stereocenters. The minimum atomic E-state index is 0.00398. The first-order valence-electron chi connectivity index (χ1n) is 7.85. The smallest absolute Gasteiger partial charge is 0.225 e. The zero-order valence-electron chi connectivity index (χ0n) is 13.5. The van der Waals surface area contributed by atoms with Crippen molar-refractivity contribution in [3.05, 3.63) is 47.5 Å². The van der Waals surface area contributed by atoms with Crippen molar-refractivity contribution in [2.45, 2.75) is 31.7 Å². The zero-order chi connectivity index (χ0) is 16.2. The second-order valence-electron chi connectivity index (χ2n) is 6.01. The number of carbonyl (C=O) groups is 1. The van der Waals surface area contributed by atoms with Crippen LogP contribution in [0.25, 0.3) is 0 Å². The van der Waals surface area contributed by atoms with Gasteiger partial charge in [-0.3, -0.25) is 9.78 Å². The highest BCUT2D eigenvalue weighted by Crippen LogP contribution is 2.29. The highest BCUT2D eigenvalue weighted by Gasteiger charge is 2.24. The van der Waals surface area contributed by atoms with Gasteiger partial charge in [0, 0.05) is 38.2 Å². The van der Waals surface area contributed by atoms with Gasteiger partial charge in [0.15, 0.2) is 0 Å². The number of aryl methyl sites for hydroxylation is 1. The number of fused-ring (bicyclic) bond motifs is 1. The number of aromatic nitrogens is 3. The van der Waals surface area contributed by atoms with E-state index in [4.69, 9.17) is 0 Å². The number of hydrogen-bond acceptors (Lipinski definition) is 5. The fourth-order valence-corrected chi connectivity index (χ4v) is 2.83. The Balaban J connectivity index is 1.71. The molecule has 0 saturated carbocycles. The van der Waals surface area contributed by atoms with Gasteiger partial charge in [-0.15, -0.1) is 0 Å². The lowest BCUT2D eigenvalue weighted by atomic mass is 9.92. The van der Waals surface area contributed by atoms with Crippen LogP contribution in [-0.4, -0.2) is 35.0 Å². The van der Waals surface area contributed by atoms with Gasteiger partial charge < -0.3 is 10.2 Å². The first kappa shape index (κ1) is 15.4. The molecule has 6 nitrogen and oxygen atoms in total. The van der Waals surface area contributed by atoms with E-state index in [0.29, 0.717) is 12.4 Å². The third-order valence-corrected chi connectivity index (χ3v) is 4.02. The predicted octanol–water partition coefficient (Wildman–Crippen LogP) is 1.67. The molecule has 1 aliphatic carbocycles. The summed E-state index contributed by atoms with van der Waals surface area (Å²) >= 11 is 0. The summed E-state index contributed by atoms with van der Waals surface area (Å²) in [4.78, 5) is 27.1. The summed E-state index contributed by atoms with van der Waals surface area (Å²) in [6.07, 6.45) is 8.52. The highest BCUT2D eigenvalue weighted by atomic mass is 16.1. The predicted molar refractivity (Wildman–Crippen MR) is 88.1 cm³/mol. The van der Waals surface area contributed by atoms with Crippen molar-refractivity contribution in [2.24, 2.45) is 0 Å². The molecule has 0 fully saturated rings. The van der Waals surface area contributed by atoms with Crippen molar-refractivity contribution in [3.63, 3.8) is 0 Å². The van der Waals surface area contributed by atoms with Gasteiger partial charge in [0.25, 0.3) is 0 Å². The van der Waals surface area contributed by atoms with Gasteiger partial charge in [-0.2, -0.15) is 0 Å². The maximum Gasteiger partial charge on any atom is 0.225 e. The van der Waals surface area contributed by atoms with Gasteiger partial charge in [0.2, 0.25) is 11.9 Å². The third-order valence-electron chi connectivity index (χ3n) is 4.02. The van der Waals surface area contributed by atoms with Gasteiger partial charge in [-0.1, -0.05) is 0 Å². The second kappa shape index (κ2) is 6.73. The lowest BCUT2D eigenvalue weighted by molar-refractivity contribution is -0.121. The first-order valence-corrected chi connectivity index (χ1v) is 7.85. The van der Waals surface area contributed by atoms with Crippen molar-refractivity contribution in [2.75, 3.05) is 19.0 Å². The monoisotopic (exact) mass is 311 g/mol. The van der Waals surface area contributed by atoms with Gasteiger partial charge in [-0.05, 0) is 37.0 Å². The summed E-state index contributed by atoms with van der Waals surface area (Å²) in [6, 6.07) is 3.73. The molecule has 3 rings (SSSR count). The van der Waals surface area contributed by atoms with Crippen LogP contribution >= 0.6 is 0 Å². The van der Waals surface area contributed by atoms with E-state index < -0.39 is 0 Å². The molecule has 0 spiro atoms. The van der Waals surface area contributed by atoms with E-state index in [1.165, 1.54) is 0 Å². The number of carbonyl (C=O) groups excluding carboxylic acids is 1. The van der Waals surface area contributed by atoms with E-state index in [1.807, 2.05) is 37.3 Å². The zero-order valence-corrected chi connectivity index (χ0v) is 13.5. The van der Waals surface area contributed by atoms with Crippen LogP contribution < -0.4 is 10.2 Å². The number of nitrogens with zero attached hydrogens (tertiary/aromatic N) is 4. The molecule has 1 N–H and O–H groups in total. The van der Waals surface area contributed by atoms with Crippen LogP contribution in [0.15, 0.2) is 30.7 Å². The number of nitrogens with one attached hydrogen (secondary N) is 1. The minimum absolute atomic E-state index is 0.00398. The normalized spacial score (nSPS) is 16.5. The van der Waals surface area contributed by atoms with E-state index in [2.05, 4.69) is 20.3 Å². The number of amides is 1. The molecule has 2 heterocycles. The Bertz CT molecular complexity index is 687. The van der Waals surface area contributed by atoms with Crippen LogP contribution in [-0.2, 0) is 17.6 Å². The lowest BCUT2D eigenvalue weighted by Crippen LogP contribution is -2.32. The van der Waals surface area contributed by atoms with Crippen molar-refractivity contribution in [3.8, 4) is 0 Å². The first-order chi connectivity index (χ1) is 11.1. The Morgan fingerprint density at radius 2 is 2.13 bits per heavy atom. The Morgan fingerprint density at radius 1 is 1.35 bits per heavy atom. The molecular weight excluding hydrogens is 290 g/mol. The molecule has 2 aromatic rings. The van der Waals surface area contributed by atoms with Gasteiger partial charge >= 0.3 is 0 Å². The molecule has 0 bridgehead atoms. The third kappa shape index (κ3) is 3.64. The summed E-state index contributed by atoms with van der Waals surface area (Å²) in [5, 5.41) is 3.12. The SMILES string of the molecule is CN(C)c1ncc2c(n1)CCCC2NC(=O)Cc1ccncc1. The lowest BCUT2D eigenvalue weighted by Gasteiger charge is -2.26. The molecule has 0 aromatic carbocycles. The standard InChI is InChI=1S/C17H21N5O/c1-22(2)17-19-11-13-14(4-3-5-15(13)21-17)20-16(23)10-12-6-8-18-9-7-12/h6-9,11,14H,3-5,10H2,1-2H3,(H,20,23). The summed E-state index contributed by atoms with van der Waals surface area (Å²) in [5.41, 5.74) is 3.06. The molecule has 1 unspecified atom stereocenters. The van der Waals surface area contributed by atoms with Crippen molar-refractivity contribution < 1.29 is 4.79 Å². The van der Waals surface area contributed by atoms with Crippen LogP contribution in [0.4, 0.5) is 5.95 Å². The van der Waals surface area contributed by atoms with E-state index >= 15 is 0 Å². The molecule has 1 amide bonds. The highest BCUT2D eigenvalue weighted by molar-refractivity contribution is 5.79. The molecule has 1 aliphatic rings. The van der Waals surface area contributed by atoms with Crippen molar-refractivity contribution in [1.82, 2.24) is 20.3 Å². The number of rotatable bonds is 4. The molecule has 6 heteroatoms. The van der Waals surface area contributed by atoms with E-state index in [1.54, 1.807) is 12.4 Å². The Morgan fingerprint density at radius 3 is 2.87 bits per heavy atom. The average Bonchev–Trinajstić information content (AvgIpc) is 2.55. The van der Waals surface area contributed by atoms with Crippen molar-refractivity contribution >= 4 is 11.9 Å². The van der Waals surface area contributed by atoms with E-state index in [-0.39, 0.29) is 11.9 Å². The number of anilines is 1. The van der Waals surface area contributed by atoms with Crippen LogP contribution in [0, 0.1) is 0 Å². The largest absolute Gasteiger partial charge is 0.349 e. The Hall–Kier alpha value is -2.50. The topological polar surface area (TPSA) is 71.0 Å². The molecule has 2 aromatic heterocycles. The Labute approximate surface area is 136 Å². The summed E-state index contributed by atoms with van der Waals surface area (Å²) in [6.45, 7) is 0. The molecule has 23 heavy (non-hydrogen) atoms. The van der Waals surface area contributed by atoms with Crippen LogP contribution in [0.5, 0.6) is 0 Å². The maximum absolute atomic E-state index is 12.3. The fourth-order valence-electron chi connectivity index (χ4n) is 2.83. The van der Waals surface area contributed by atoms with E-state index in [0.717, 1.165) is 36.1 Å².